The van der Waals surface area contributed by atoms with Gasteiger partial charge in [0.1, 0.15) is 0 Å². The van der Waals surface area contributed by atoms with Gasteiger partial charge in [0.15, 0.2) is 0 Å². The maximum absolute atomic E-state index is 8.25. The maximum Gasteiger partial charge on any atom is 0.0275 e. The average molecular weight is 82.1 g/mol. The molecule has 0 atom stereocenters. The van der Waals surface area contributed by atoms with Gasteiger partial charge in [0.2, 0.25) is 0 Å². The van der Waals surface area contributed by atoms with Gasteiger partial charge in [-0.25, -0.2) is 0 Å². The van der Waals surface area contributed by atoms with Crippen LogP contribution in [0, 0.1) is 0 Å². The molecule has 0 fully saturated rings. The van der Waals surface area contributed by atoms with Crippen LogP contribution in [0.1, 0.15) is 1.43 Å². The van der Waals surface area contributed by atoms with Crippen LogP contribution in [-0.2, 0) is 4.79 Å². The third-order valence-corrected chi connectivity index (χ3v) is 0. The Balaban J connectivity index is -0.00000000667. The van der Waals surface area contributed by atoms with Crippen molar-refractivity contribution in [1.29, 1.82) is 0 Å². The molecule has 0 saturated carbocycles. The lowest BCUT2D eigenvalue weighted by Gasteiger charge is -1.52. The van der Waals surface area contributed by atoms with Crippen LogP contribution in [0.25, 0.3) is 0 Å². The van der Waals surface area contributed by atoms with Gasteiger partial charge in [-0.05, 0) is 0 Å². The van der Waals surface area contributed by atoms with E-state index in [2.05, 4.69) is 0 Å². The third kappa shape index (κ3) is 17.6. The van der Waals surface area contributed by atoms with Crippen molar-refractivity contribution >= 4 is 6.47 Å². The van der Waals surface area contributed by atoms with E-state index in [1.54, 1.807) is 0 Å². The smallest absolute Gasteiger partial charge is 0.0275 e. The second-order valence-corrected chi connectivity index (χ2v) is 0.0962. The van der Waals surface area contributed by atoms with Crippen LogP contribution in [0.2, 0.25) is 0 Å². The highest BCUT2D eigenvalue weighted by molar-refractivity contribution is 5.29. The Kier molecular flexibility index (Phi) is 665. The first-order chi connectivity index (χ1) is 1.41. The molecule has 0 aromatic rings. The zero-order chi connectivity index (χ0) is 2.71. The van der Waals surface area contributed by atoms with Crippen molar-refractivity contribution in [2.45, 2.75) is 0 Å². The van der Waals surface area contributed by atoms with E-state index in [1.165, 1.54) is 0 Å². The second kappa shape index (κ2) is 127. The van der Waals surface area contributed by atoms with Crippen LogP contribution < -0.4 is 17.4 Å². The zero-order valence-electron chi connectivity index (χ0n) is 4.39. The summed E-state index contributed by atoms with van der Waals surface area (Å²) in [6, 6.07) is 0. The summed E-state index contributed by atoms with van der Waals surface area (Å²) in [5, 5.41) is 8.25. The fourth-order valence-electron chi connectivity index (χ4n) is 0. The fourth-order valence-corrected chi connectivity index (χ4v) is 0. The minimum absolute atomic E-state index is 0. The zero-order valence-corrected chi connectivity index (χ0v) is 3.39. The summed E-state index contributed by atoms with van der Waals surface area (Å²) in [5.41, 5.74) is 0. The largest absolute Gasteiger partial charge is 1.00 e. The lowest BCUT2D eigenvalue weighted by Crippen LogP contribution is -2.01. The monoisotopic (exact) mass is 82.1 g/mol. The quantitative estimate of drug-likeness (QED) is 0.374. The molecular weight excluding hydrogens is 72.0 g/mol. The molecule has 0 radical (unpaired) electrons. The summed E-state index contributed by atoms with van der Waals surface area (Å²) in [7, 11) is 0. The average Bonchev–Trinajstić information content (AvgIpc) is 0.918. The standard InChI is InChI=1S/CH2O2.2H3N.H/c2-1-3;;;/h1H,(H,2,3);2*1H3;/q;;;-1/p+1. The molecule has 0 spiro atoms. The molecule has 0 aliphatic rings. The minimum atomic E-state index is -0.500. The Morgan fingerprint density at radius 2 is 1.60 bits per heavy atom. The number of carbonyl (C=O) groups is 1. The maximum atomic E-state index is 8.25. The van der Waals surface area contributed by atoms with Gasteiger partial charge in [-0.1, -0.05) is 0 Å². The predicted molar refractivity (Wildman–Crippen MR) is 19.1 cm³/mol. The molecular formula is CH10N2O2. The first-order valence-corrected chi connectivity index (χ1v) is 0.471. The van der Waals surface area contributed by atoms with Crippen molar-refractivity contribution < 1.29 is 11.3 Å². The van der Waals surface area contributed by atoms with Crippen LogP contribution in [0.3, 0.4) is 0 Å². The molecule has 0 aromatic carbocycles. The molecule has 0 bridgehead atoms. The molecule has 36 valence electrons. The van der Waals surface area contributed by atoms with E-state index in [9.17, 15) is 0 Å². The molecule has 0 saturated heterocycles. The second-order valence-electron chi connectivity index (χ2n) is 0.0962. The van der Waals surface area contributed by atoms with Crippen LogP contribution in [0.15, 0.2) is 0 Å². The first kappa shape index (κ1) is 26.1. The number of rotatable bonds is 0. The molecule has 4 heteroatoms. The SMILES string of the molecule is O=C[O-].[H-].[NH4+].[NH4+]. The normalized spacial score (nSPS) is 2.40. The first-order valence-electron chi connectivity index (χ1n) is 0.471. The van der Waals surface area contributed by atoms with Gasteiger partial charge < -0.3 is 23.6 Å². The van der Waals surface area contributed by atoms with Gasteiger partial charge >= 0.3 is 0 Å². The number of quaternary nitrogens is 2. The fraction of sp³-hybridized carbons (Fsp3) is 0. The van der Waals surface area contributed by atoms with Crippen LogP contribution in [0.5, 0.6) is 0 Å². The van der Waals surface area contributed by atoms with Crippen molar-refractivity contribution in [3.63, 3.8) is 0 Å². The van der Waals surface area contributed by atoms with Gasteiger partial charge in [0.25, 0.3) is 0 Å². The highest BCUT2D eigenvalue weighted by Crippen LogP contribution is 0.754. The topological polar surface area (TPSA) is 113 Å². The number of hydrogen-bond acceptors (Lipinski definition) is 2. The van der Waals surface area contributed by atoms with E-state index >= 15 is 0 Å². The van der Waals surface area contributed by atoms with Gasteiger partial charge in [-0.15, -0.1) is 0 Å². The molecule has 8 N–H and O–H groups in total. The van der Waals surface area contributed by atoms with E-state index in [0.717, 1.165) is 0 Å². The molecule has 0 rings (SSSR count). The highest BCUT2D eigenvalue weighted by Gasteiger charge is 0.996. The molecule has 4 nitrogen and oxygen atoms in total. The number of carboxylic acid groups (broad SMARTS) is 1. The molecule has 0 amide bonds. The lowest BCUT2D eigenvalue weighted by molar-refractivity contribution is -0.283. The molecule has 0 aliphatic heterocycles. The summed E-state index contributed by atoms with van der Waals surface area (Å²) in [4.78, 5) is 8.25. The molecule has 0 aromatic heterocycles. The summed E-state index contributed by atoms with van der Waals surface area (Å²) >= 11 is 0. The third-order valence-electron chi connectivity index (χ3n) is 0. The Hall–Kier alpha value is -0.610. The number of hydrogen-bond donors (Lipinski definition) is 2. The summed E-state index contributed by atoms with van der Waals surface area (Å²) < 4.78 is 0. The molecule has 0 unspecified atom stereocenters. The van der Waals surface area contributed by atoms with E-state index in [-0.39, 0.29) is 13.7 Å². The van der Waals surface area contributed by atoms with Gasteiger partial charge in [-0.3, -0.25) is 0 Å². The van der Waals surface area contributed by atoms with E-state index in [4.69, 9.17) is 9.90 Å². The van der Waals surface area contributed by atoms with E-state index in [1.807, 2.05) is 0 Å². The van der Waals surface area contributed by atoms with Crippen molar-refractivity contribution in [1.82, 2.24) is 12.3 Å². The lowest BCUT2D eigenvalue weighted by atomic mass is 11.7. The molecule has 0 aliphatic carbocycles. The Morgan fingerprint density at radius 1 is 1.60 bits per heavy atom. The van der Waals surface area contributed by atoms with Crippen LogP contribution in [-0.4, -0.2) is 6.47 Å². The minimum Gasteiger partial charge on any atom is -1.00 e. The molecule has 0 heterocycles. The highest BCUT2D eigenvalue weighted by atomic mass is 16.3. The van der Waals surface area contributed by atoms with Crippen molar-refractivity contribution in [3.8, 4) is 0 Å². The van der Waals surface area contributed by atoms with Gasteiger partial charge in [-0.2, -0.15) is 0 Å². The summed E-state index contributed by atoms with van der Waals surface area (Å²) in [5.74, 6) is 0. The Bertz CT molecular complexity index is 19.0. The molecule has 5 heavy (non-hydrogen) atoms. The van der Waals surface area contributed by atoms with Crippen LogP contribution in [0.4, 0.5) is 0 Å². The van der Waals surface area contributed by atoms with Crippen molar-refractivity contribution in [2.75, 3.05) is 0 Å². The van der Waals surface area contributed by atoms with Crippen LogP contribution >= 0.6 is 0 Å². The van der Waals surface area contributed by atoms with E-state index < -0.39 is 6.47 Å². The van der Waals surface area contributed by atoms with Crippen molar-refractivity contribution in [2.24, 2.45) is 0 Å². The Morgan fingerprint density at radius 3 is 1.60 bits per heavy atom. The Labute approximate surface area is 31.5 Å². The predicted octanol–water partition coefficient (Wildman–Crippen LogP) is -0.769. The van der Waals surface area contributed by atoms with Gasteiger partial charge in [0, 0.05) is 6.47 Å². The van der Waals surface area contributed by atoms with Crippen molar-refractivity contribution in [3.05, 3.63) is 0 Å². The number of carbonyl (C=O) groups excluding carboxylic acids is 1. The summed E-state index contributed by atoms with van der Waals surface area (Å²) in [6.45, 7) is -0.500. The van der Waals surface area contributed by atoms with Gasteiger partial charge in [0.05, 0.1) is 0 Å². The summed E-state index contributed by atoms with van der Waals surface area (Å²) in [6.07, 6.45) is 0. The van der Waals surface area contributed by atoms with E-state index in [0.29, 0.717) is 0 Å².